The summed E-state index contributed by atoms with van der Waals surface area (Å²) in [5.74, 6) is 0.0467. The maximum Gasteiger partial charge on any atom is 0.242 e. The fourth-order valence-electron chi connectivity index (χ4n) is 2.85. The summed E-state index contributed by atoms with van der Waals surface area (Å²) in [6, 6.07) is 5.42. The lowest BCUT2D eigenvalue weighted by atomic mass is 10.2. The lowest BCUT2D eigenvalue weighted by Crippen LogP contribution is -2.45. The van der Waals surface area contributed by atoms with Gasteiger partial charge in [0.2, 0.25) is 11.8 Å². The molecule has 0 aromatic heterocycles. The summed E-state index contributed by atoms with van der Waals surface area (Å²) in [4.78, 5) is 28.3. The zero-order valence-corrected chi connectivity index (χ0v) is 15.7. The molecular weight excluding hydrogens is 347 g/mol. The number of nitrogens with zero attached hydrogens (tertiary/aromatic N) is 2. The Hall–Kier alpha value is -1.26. The van der Waals surface area contributed by atoms with Crippen molar-refractivity contribution in [3.8, 4) is 0 Å². The minimum atomic E-state index is -0.0358. The smallest absolute Gasteiger partial charge is 0.242 e. The quantitative estimate of drug-likeness (QED) is 0.781. The number of halogens is 2. The Morgan fingerprint density at radius 3 is 2.62 bits per heavy atom. The van der Waals surface area contributed by atoms with Crippen molar-refractivity contribution in [3.63, 3.8) is 0 Å². The van der Waals surface area contributed by atoms with Crippen molar-refractivity contribution in [2.24, 2.45) is 0 Å². The Bertz CT molecular complexity index is 605. The van der Waals surface area contributed by atoms with Crippen molar-refractivity contribution in [2.75, 3.05) is 13.1 Å². The van der Waals surface area contributed by atoms with Gasteiger partial charge in [-0.3, -0.25) is 9.59 Å². The maximum atomic E-state index is 12.7. The van der Waals surface area contributed by atoms with Crippen LogP contribution in [0.4, 0.5) is 0 Å². The minimum Gasteiger partial charge on any atom is -0.334 e. The third-order valence-electron chi connectivity index (χ3n) is 4.28. The largest absolute Gasteiger partial charge is 0.334 e. The first-order chi connectivity index (χ1) is 11.4. The predicted octanol–water partition coefficient (Wildman–Crippen LogP) is 4.13. The van der Waals surface area contributed by atoms with Gasteiger partial charge < -0.3 is 9.80 Å². The van der Waals surface area contributed by atoms with Crippen LogP contribution in [0.15, 0.2) is 18.2 Å². The van der Waals surface area contributed by atoms with E-state index in [2.05, 4.69) is 0 Å². The van der Waals surface area contributed by atoms with Crippen LogP contribution in [0, 0.1) is 0 Å². The number of carbonyl (C=O) groups is 2. The van der Waals surface area contributed by atoms with Crippen LogP contribution >= 0.6 is 23.2 Å². The van der Waals surface area contributed by atoms with Crippen LogP contribution in [0.5, 0.6) is 0 Å². The van der Waals surface area contributed by atoms with Crippen LogP contribution in [0.3, 0.4) is 0 Å². The molecule has 0 spiro atoms. The standard InChI is InChI=1S/C18H24Cl2N2O2/c1-13(2)22(11-14-7-8-15(19)16(20)10-14)18(24)12-21-9-5-3-4-6-17(21)23/h7-8,10,13H,3-6,9,11-12H2,1-2H3. The molecule has 6 heteroatoms. The van der Waals surface area contributed by atoms with Gasteiger partial charge in [-0.1, -0.05) is 35.7 Å². The molecule has 1 aliphatic heterocycles. The maximum absolute atomic E-state index is 12.7. The number of benzene rings is 1. The van der Waals surface area contributed by atoms with Gasteiger partial charge in [0, 0.05) is 25.6 Å². The van der Waals surface area contributed by atoms with E-state index in [9.17, 15) is 9.59 Å². The molecule has 1 aromatic rings. The van der Waals surface area contributed by atoms with E-state index in [0.29, 0.717) is 29.6 Å². The van der Waals surface area contributed by atoms with Crippen LogP contribution in [0.2, 0.25) is 10.0 Å². The summed E-state index contributed by atoms with van der Waals surface area (Å²) in [5, 5.41) is 0.978. The van der Waals surface area contributed by atoms with Gasteiger partial charge in [0.15, 0.2) is 0 Å². The molecule has 132 valence electrons. The monoisotopic (exact) mass is 370 g/mol. The summed E-state index contributed by atoms with van der Waals surface area (Å²) in [6.07, 6.45) is 3.48. The second-order valence-corrected chi connectivity index (χ2v) is 7.30. The van der Waals surface area contributed by atoms with Crippen molar-refractivity contribution >= 4 is 35.0 Å². The molecule has 1 fully saturated rings. The molecule has 0 aliphatic carbocycles. The average Bonchev–Trinajstić information content (AvgIpc) is 2.73. The Kier molecular flexibility index (Phi) is 6.93. The van der Waals surface area contributed by atoms with Crippen molar-refractivity contribution < 1.29 is 9.59 Å². The number of carbonyl (C=O) groups excluding carboxylic acids is 2. The second kappa shape index (κ2) is 8.72. The Morgan fingerprint density at radius 2 is 1.96 bits per heavy atom. The summed E-state index contributed by atoms with van der Waals surface area (Å²) < 4.78 is 0. The van der Waals surface area contributed by atoms with Crippen LogP contribution in [0.25, 0.3) is 0 Å². The molecule has 1 heterocycles. The van der Waals surface area contributed by atoms with Gasteiger partial charge in [0.05, 0.1) is 16.6 Å². The highest BCUT2D eigenvalue weighted by atomic mass is 35.5. The summed E-state index contributed by atoms with van der Waals surface area (Å²) in [5.41, 5.74) is 0.925. The van der Waals surface area contributed by atoms with Crippen molar-refractivity contribution in [1.29, 1.82) is 0 Å². The van der Waals surface area contributed by atoms with Gasteiger partial charge in [-0.2, -0.15) is 0 Å². The molecule has 1 aliphatic rings. The second-order valence-electron chi connectivity index (χ2n) is 6.49. The van der Waals surface area contributed by atoms with Crippen LogP contribution in [0.1, 0.15) is 45.1 Å². The molecule has 1 aromatic carbocycles. The van der Waals surface area contributed by atoms with Crippen LogP contribution in [-0.4, -0.2) is 40.7 Å². The number of hydrogen-bond donors (Lipinski definition) is 0. The molecule has 0 N–H and O–H groups in total. The van der Waals surface area contributed by atoms with E-state index in [1.165, 1.54) is 0 Å². The van der Waals surface area contributed by atoms with E-state index in [1.807, 2.05) is 19.9 Å². The SMILES string of the molecule is CC(C)N(Cc1ccc(Cl)c(Cl)c1)C(=O)CN1CCCCCC1=O. The Morgan fingerprint density at radius 1 is 1.21 bits per heavy atom. The average molecular weight is 371 g/mol. The molecule has 0 unspecified atom stereocenters. The lowest BCUT2D eigenvalue weighted by molar-refractivity contribution is -0.141. The summed E-state index contributed by atoms with van der Waals surface area (Å²) in [6.45, 7) is 5.22. The van der Waals surface area contributed by atoms with E-state index < -0.39 is 0 Å². The summed E-state index contributed by atoms with van der Waals surface area (Å²) in [7, 11) is 0. The molecule has 0 radical (unpaired) electrons. The zero-order valence-electron chi connectivity index (χ0n) is 14.2. The minimum absolute atomic E-state index is 0.0358. The summed E-state index contributed by atoms with van der Waals surface area (Å²) >= 11 is 12.0. The first-order valence-electron chi connectivity index (χ1n) is 8.39. The highest BCUT2D eigenvalue weighted by Crippen LogP contribution is 2.24. The van der Waals surface area contributed by atoms with E-state index in [-0.39, 0.29) is 24.4 Å². The lowest BCUT2D eigenvalue weighted by Gasteiger charge is -2.30. The first-order valence-corrected chi connectivity index (χ1v) is 9.15. The van der Waals surface area contributed by atoms with E-state index in [4.69, 9.17) is 23.2 Å². The predicted molar refractivity (Wildman–Crippen MR) is 97.2 cm³/mol. The fourth-order valence-corrected chi connectivity index (χ4v) is 3.17. The third kappa shape index (κ3) is 5.12. The van der Waals surface area contributed by atoms with Gasteiger partial charge in [0.1, 0.15) is 0 Å². The number of likely N-dealkylation sites (tertiary alicyclic amines) is 1. The molecule has 2 amide bonds. The molecular formula is C18H24Cl2N2O2. The van der Waals surface area contributed by atoms with Gasteiger partial charge in [-0.25, -0.2) is 0 Å². The van der Waals surface area contributed by atoms with E-state index >= 15 is 0 Å². The van der Waals surface area contributed by atoms with Gasteiger partial charge in [0.25, 0.3) is 0 Å². The van der Waals surface area contributed by atoms with Crippen LogP contribution in [-0.2, 0) is 16.1 Å². The zero-order chi connectivity index (χ0) is 17.7. The number of amides is 2. The number of rotatable bonds is 5. The fraction of sp³-hybridized carbons (Fsp3) is 0.556. The normalized spacial score (nSPS) is 15.5. The van der Waals surface area contributed by atoms with Gasteiger partial charge >= 0.3 is 0 Å². The van der Waals surface area contributed by atoms with E-state index in [0.717, 1.165) is 24.8 Å². The molecule has 0 saturated carbocycles. The molecule has 0 atom stereocenters. The molecule has 24 heavy (non-hydrogen) atoms. The highest BCUT2D eigenvalue weighted by Gasteiger charge is 2.24. The van der Waals surface area contributed by atoms with Crippen molar-refractivity contribution in [2.45, 2.75) is 52.1 Å². The molecule has 4 nitrogen and oxygen atoms in total. The Balaban J connectivity index is 2.06. The highest BCUT2D eigenvalue weighted by molar-refractivity contribution is 6.42. The molecule has 2 rings (SSSR count). The Labute approximate surface area is 153 Å². The van der Waals surface area contributed by atoms with E-state index in [1.54, 1.807) is 21.9 Å². The number of hydrogen-bond acceptors (Lipinski definition) is 2. The molecule has 1 saturated heterocycles. The van der Waals surface area contributed by atoms with Gasteiger partial charge in [-0.15, -0.1) is 0 Å². The van der Waals surface area contributed by atoms with Crippen molar-refractivity contribution in [1.82, 2.24) is 9.80 Å². The third-order valence-corrected chi connectivity index (χ3v) is 5.02. The van der Waals surface area contributed by atoms with Crippen molar-refractivity contribution in [3.05, 3.63) is 33.8 Å². The van der Waals surface area contributed by atoms with Crippen LogP contribution < -0.4 is 0 Å². The molecule has 0 bridgehead atoms. The van der Waals surface area contributed by atoms with Gasteiger partial charge in [-0.05, 0) is 44.4 Å². The topological polar surface area (TPSA) is 40.6 Å². The first kappa shape index (κ1) is 19.1.